The van der Waals surface area contributed by atoms with Crippen molar-refractivity contribution in [2.75, 3.05) is 20.3 Å². The fourth-order valence-corrected chi connectivity index (χ4v) is 4.01. The van der Waals surface area contributed by atoms with Crippen LogP contribution >= 0.6 is 0 Å². The number of halogens is 1. The van der Waals surface area contributed by atoms with Crippen LogP contribution in [0.1, 0.15) is 25.0 Å². The van der Waals surface area contributed by atoms with Gasteiger partial charge < -0.3 is 9.84 Å². The van der Waals surface area contributed by atoms with Crippen molar-refractivity contribution in [3.8, 4) is 0 Å². The number of methoxy groups -OCH3 is 1. The largest absolute Gasteiger partial charge is 0.392 e. The Morgan fingerprint density at radius 3 is 2.52 bits per heavy atom. The number of aryl methyl sites for hydroxylation is 1. The van der Waals surface area contributed by atoms with Gasteiger partial charge in [-0.3, -0.25) is 0 Å². The van der Waals surface area contributed by atoms with E-state index in [2.05, 4.69) is 0 Å². The summed E-state index contributed by atoms with van der Waals surface area (Å²) < 4.78 is 45.4. The third-order valence-electron chi connectivity index (χ3n) is 3.29. The first-order chi connectivity index (χ1) is 9.79. The minimum atomic E-state index is -3.77. The third-order valence-corrected chi connectivity index (χ3v) is 5.36. The molecule has 0 aliphatic heterocycles. The summed E-state index contributed by atoms with van der Waals surface area (Å²) in [5, 5.41) is 9.15. The highest BCUT2D eigenvalue weighted by Crippen LogP contribution is 2.23. The zero-order valence-corrected chi connectivity index (χ0v) is 13.6. The Morgan fingerprint density at radius 1 is 1.43 bits per heavy atom. The van der Waals surface area contributed by atoms with Crippen LogP contribution in [0.25, 0.3) is 0 Å². The number of aliphatic hydroxyl groups is 1. The zero-order valence-electron chi connectivity index (χ0n) is 12.8. The first-order valence-corrected chi connectivity index (χ1v) is 8.14. The van der Waals surface area contributed by atoms with Gasteiger partial charge in [-0.2, -0.15) is 4.31 Å². The number of nitrogens with zero attached hydrogens (tertiary/aromatic N) is 1. The van der Waals surface area contributed by atoms with Crippen molar-refractivity contribution in [3.05, 3.63) is 29.1 Å². The summed E-state index contributed by atoms with van der Waals surface area (Å²) in [4.78, 5) is -0.0183. The molecule has 1 atom stereocenters. The monoisotopic (exact) mass is 319 g/mol. The van der Waals surface area contributed by atoms with Gasteiger partial charge in [-0.15, -0.1) is 0 Å². The molecule has 0 radical (unpaired) electrons. The first-order valence-electron chi connectivity index (χ1n) is 6.70. The normalized spacial score (nSPS) is 13.7. The molecule has 0 bridgehead atoms. The van der Waals surface area contributed by atoms with E-state index in [0.717, 1.165) is 0 Å². The van der Waals surface area contributed by atoms with E-state index in [4.69, 9.17) is 9.84 Å². The van der Waals surface area contributed by atoms with Gasteiger partial charge >= 0.3 is 0 Å². The van der Waals surface area contributed by atoms with Crippen LogP contribution in [0.4, 0.5) is 4.39 Å². The Kier molecular flexibility index (Phi) is 6.27. The van der Waals surface area contributed by atoms with Gasteiger partial charge in [0.05, 0.1) is 18.1 Å². The van der Waals surface area contributed by atoms with Gasteiger partial charge in [0.1, 0.15) is 5.82 Å². The number of rotatable bonds is 7. The third kappa shape index (κ3) is 3.79. The number of hydrogen-bond acceptors (Lipinski definition) is 4. The van der Waals surface area contributed by atoms with Crippen LogP contribution < -0.4 is 0 Å². The molecule has 0 saturated carbocycles. The van der Waals surface area contributed by atoms with Gasteiger partial charge in [0.25, 0.3) is 0 Å². The van der Waals surface area contributed by atoms with E-state index in [1.54, 1.807) is 13.8 Å². The van der Waals surface area contributed by atoms with Crippen molar-refractivity contribution in [1.29, 1.82) is 0 Å². The molecule has 120 valence electrons. The highest BCUT2D eigenvalue weighted by molar-refractivity contribution is 7.89. The van der Waals surface area contributed by atoms with Crippen molar-refractivity contribution < 1.29 is 22.7 Å². The summed E-state index contributed by atoms with van der Waals surface area (Å²) in [5.74, 6) is -0.579. The second-order valence-corrected chi connectivity index (χ2v) is 6.77. The minimum absolute atomic E-state index is 0.0183. The molecule has 0 aromatic heterocycles. The quantitative estimate of drug-likeness (QED) is 0.830. The van der Waals surface area contributed by atoms with E-state index in [0.29, 0.717) is 0 Å². The molecule has 1 aromatic rings. The molecule has 7 heteroatoms. The first kappa shape index (κ1) is 18.0. The second kappa shape index (κ2) is 7.31. The predicted octanol–water partition coefficient (Wildman–Crippen LogP) is 1.67. The summed E-state index contributed by atoms with van der Waals surface area (Å²) in [6.45, 7) is 4.94. The fraction of sp³-hybridized carbons (Fsp3) is 0.571. The number of ether oxygens (including phenoxy) is 1. The van der Waals surface area contributed by atoms with Crippen molar-refractivity contribution in [1.82, 2.24) is 4.31 Å². The minimum Gasteiger partial charge on any atom is -0.392 e. The average Bonchev–Trinajstić information content (AvgIpc) is 2.42. The van der Waals surface area contributed by atoms with E-state index in [1.165, 1.54) is 30.5 Å². The van der Waals surface area contributed by atoms with Crippen LogP contribution in [-0.4, -0.2) is 44.1 Å². The predicted molar refractivity (Wildman–Crippen MR) is 78.0 cm³/mol. The van der Waals surface area contributed by atoms with Crippen molar-refractivity contribution in [2.24, 2.45) is 0 Å². The van der Waals surface area contributed by atoms with Gasteiger partial charge in [0.15, 0.2) is 0 Å². The van der Waals surface area contributed by atoms with Crippen molar-refractivity contribution in [3.63, 3.8) is 0 Å². The van der Waals surface area contributed by atoms with Gasteiger partial charge in [0.2, 0.25) is 10.0 Å². The topological polar surface area (TPSA) is 66.8 Å². The molecule has 1 rings (SSSR count). The second-order valence-electron chi connectivity index (χ2n) is 4.88. The Morgan fingerprint density at radius 2 is 2.05 bits per heavy atom. The molecule has 1 aromatic carbocycles. The van der Waals surface area contributed by atoms with E-state index >= 15 is 0 Å². The van der Waals surface area contributed by atoms with E-state index in [1.807, 2.05) is 0 Å². The van der Waals surface area contributed by atoms with Crippen LogP contribution in [-0.2, 0) is 21.4 Å². The van der Waals surface area contributed by atoms with Gasteiger partial charge in [-0.25, -0.2) is 12.8 Å². The summed E-state index contributed by atoms with van der Waals surface area (Å²) in [6, 6.07) is 2.12. The lowest BCUT2D eigenvalue weighted by atomic mass is 10.1. The van der Waals surface area contributed by atoms with E-state index in [9.17, 15) is 12.8 Å². The molecule has 1 N–H and O–H groups in total. The smallest absolute Gasteiger partial charge is 0.243 e. The standard InChI is InChI=1S/C14H22FNO4S/c1-5-16(11(3)9-20-4)21(18,19)13-6-10(2)14(15)12(7-13)8-17/h6-7,11,17H,5,8-9H2,1-4H3. The van der Waals surface area contributed by atoms with Crippen LogP contribution in [0.5, 0.6) is 0 Å². The molecule has 0 aliphatic rings. The molecule has 0 saturated heterocycles. The van der Waals surface area contributed by atoms with E-state index in [-0.39, 0.29) is 35.2 Å². The molecule has 0 heterocycles. The summed E-state index contributed by atoms with van der Waals surface area (Å²) >= 11 is 0. The fourth-order valence-electron chi connectivity index (χ4n) is 2.25. The number of aliphatic hydroxyl groups excluding tert-OH is 1. The molecule has 5 nitrogen and oxygen atoms in total. The Bertz CT molecular complexity index is 589. The molecule has 21 heavy (non-hydrogen) atoms. The Balaban J connectivity index is 3.32. The lowest BCUT2D eigenvalue weighted by molar-refractivity contribution is 0.142. The van der Waals surface area contributed by atoms with E-state index < -0.39 is 22.4 Å². The highest BCUT2D eigenvalue weighted by atomic mass is 32.2. The summed E-state index contributed by atoms with van der Waals surface area (Å²) in [6.07, 6.45) is 0. The average molecular weight is 319 g/mol. The molecular formula is C14H22FNO4S. The lowest BCUT2D eigenvalue weighted by Crippen LogP contribution is -2.40. The van der Waals surface area contributed by atoms with Gasteiger partial charge in [-0.05, 0) is 31.5 Å². The zero-order chi connectivity index (χ0) is 16.2. The molecule has 0 spiro atoms. The van der Waals surface area contributed by atoms with Crippen LogP contribution in [0, 0.1) is 12.7 Å². The molecule has 0 aliphatic carbocycles. The summed E-state index contributed by atoms with van der Waals surface area (Å²) in [5.41, 5.74) is 0.166. The Hall–Kier alpha value is -1.02. The maximum absolute atomic E-state index is 13.7. The van der Waals surface area contributed by atoms with Gasteiger partial charge in [-0.1, -0.05) is 6.92 Å². The van der Waals surface area contributed by atoms with Gasteiger partial charge in [0, 0.05) is 25.3 Å². The summed E-state index contributed by atoms with van der Waals surface area (Å²) in [7, 11) is -2.27. The SMILES string of the molecule is CCN(C(C)COC)S(=O)(=O)c1cc(C)c(F)c(CO)c1. The lowest BCUT2D eigenvalue weighted by Gasteiger charge is -2.27. The number of sulfonamides is 1. The molecule has 1 unspecified atom stereocenters. The maximum atomic E-state index is 13.7. The van der Waals surface area contributed by atoms with Crippen molar-refractivity contribution in [2.45, 2.75) is 38.3 Å². The molecular weight excluding hydrogens is 297 g/mol. The van der Waals surface area contributed by atoms with Crippen LogP contribution in [0.15, 0.2) is 17.0 Å². The molecule has 0 fully saturated rings. The van der Waals surface area contributed by atoms with Crippen LogP contribution in [0.2, 0.25) is 0 Å². The number of hydrogen-bond donors (Lipinski definition) is 1. The molecule has 0 amide bonds. The Labute approximate surface area is 125 Å². The number of likely N-dealkylation sites (N-methyl/N-ethyl adjacent to an activating group) is 1. The van der Waals surface area contributed by atoms with Crippen molar-refractivity contribution >= 4 is 10.0 Å². The highest BCUT2D eigenvalue weighted by Gasteiger charge is 2.28. The number of benzene rings is 1. The maximum Gasteiger partial charge on any atom is 0.243 e. The van der Waals surface area contributed by atoms with Crippen LogP contribution in [0.3, 0.4) is 0 Å².